The quantitative estimate of drug-likeness (QED) is 0.813. The van der Waals surface area contributed by atoms with E-state index in [9.17, 15) is 5.11 Å². The summed E-state index contributed by atoms with van der Waals surface area (Å²) in [6.45, 7) is 8.66. The van der Waals surface area contributed by atoms with Crippen molar-refractivity contribution in [3.05, 3.63) is 35.4 Å². The molecule has 1 aromatic rings. The molecule has 2 atom stereocenters. The van der Waals surface area contributed by atoms with Crippen LogP contribution in [0.4, 0.5) is 0 Å². The van der Waals surface area contributed by atoms with Crippen molar-refractivity contribution < 1.29 is 9.84 Å². The van der Waals surface area contributed by atoms with E-state index in [1.54, 1.807) is 12.1 Å². The molecule has 2 heteroatoms. The van der Waals surface area contributed by atoms with Crippen LogP contribution in [0.15, 0.2) is 29.8 Å². The molecule has 1 aliphatic carbocycles. The second kappa shape index (κ2) is 5.68. The van der Waals surface area contributed by atoms with E-state index >= 15 is 0 Å². The van der Waals surface area contributed by atoms with Crippen LogP contribution in [-0.2, 0) is 0 Å². The third kappa shape index (κ3) is 3.52. The van der Waals surface area contributed by atoms with Gasteiger partial charge in [-0.2, -0.15) is 0 Å². The van der Waals surface area contributed by atoms with Gasteiger partial charge in [0.1, 0.15) is 17.6 Å². The monoisotopic (exact) mass is 260 g/mol. The Labute approximate surface area is 116 Å². The first-order valence-electron chi connectivity index (χ1n) is 7.13. The molecule has 0 radical (unpaired) electrons. The minimum atomic E-state index is 0.143. The smallest absolute Gasteiger partial charge is 0.124 e. The first-order chi connectivity index (χ1) is 8.95. The minimum absolute atomic E-state index is 0.143. The molecule has 104 valence electrons. The average molecular weight is 260 g/mol. The van der Waals surface area contributed by atoms with Crippen molar-refractivity contribution in [2.24, 2.45) is 11.8 Å². The van der Waals surface area contributed by atoms with Gasteiger partial charge in [-0.25, -0.2) is 0 Å². The van der Waals surface area contributed by atoms with Crippen molar-refractivity contribution in [2.75, 3.05) is 0 Å². The van der Waals surface area contributed by atoms with Crippen molar-refractivity contribution in [3.8, 4) is 11.5 Å². The highest BCUT2D eigenvalue weighted by Crippen LogP contribution is 2.32. The Bertz CT molecular complexity index is 454. The number of aryl methyl sites for hydroxylation is 1. The van der Waals surface area contributed by atoms with Crippen LogP contribution in [0.25, 0.3) is 0 Å². The molecule has 2 nitrogen and oxygen atoms in total. The first kappa shape index (κ1) is 14.0. The lowest BCUT2D eigenvalue weighted by molar-refractivity contribution is 0.183. The minimum Gasteiger partial charge on any atom is -0.508 e. The largest absolute Gasteiger partial charge is 0.508 e. The topological polar surface area (TPSA) is 29.5 Å². The lowest BCUT2D eigenvalue weighted by Crippen LogP contribution is -2.28. The number of benzene rings is 1. The summed E-state index contributed by atoms with van der Waals surface area (Å²) in [5.74, 6) is 2.21. The molecule has 1 N–H and O–H groups in total. The number of rotatable bonds is 3. The molecule has 0 saturated carbocycles. The second-order valence-electron chi connectivity index (χ2n) is 6.05. The Morgan fingerprint density at radius 3 is 2.63 bits per heavy atom. The molecule has 1 aliphatic rings. The third-order valence-corrected chi connectivity index (χ3v) is 3.72. The maximum atomic E-state index is 9.66. The van der Waals surface area contributed by atoms with Crippen LogP contribution in [0, 0.1) is 18.8 Å². The zero-order valence-corrected chi connectivity index (χ0v) is 12.3. The highest BCUT2D eigenvalue weighted by Gasteiger charge is 2.25. The predicted octanol–water partition coefficient (Wildman–Crippen LogP) is 4.46. The van der Waals surface area contributed by atoms with Crippen LogP contribution >= 0.6 is 0 Å². The summed E-state index contributed by atoms with van der Waals surface area (Å²) in [7, 11) is 0. The van der Waals surface area contributed by atoms with Gasteiger partial charge < -0.3 is 9.84 Å². The number of aromatic hydroxyl groups is 1. The third-order valence-electron chi connectivity index (χ3n) is 3.72. The molecular formula is C17H24O2. The van der Waals surface area contributed by atoms with Crippen molar-refractivity contribution in [1.82, 2.24) is 0 Å². The van der Waals surface area contributed by atoms with Gasteiger partial charge in [0, 0.05) is 6.07 Å². The average Bonchev–Trinajstić information content (AvgIpc) is 2.26. The summed E-state index contributed by atoms with van der Waals surface area (Å²) in [5.41, 5.74) is 2.41. The van der Waals surface area contributed by atoms with Crippen molar-refractivity contribution in [1.29, 1.82) is 0 Å². The maximum absolute atomic E-state index is 9.66. The molecule has 0 heterocycles. The molecule has 0 bridgehead atoms. The molecule has 0 saturated heterocycles. The van der Waals surface area contributed by atoms with E-state index in [0.717, 1.165) is 24.2 Å². The summed E-state index contributed by atoms with van der Waals surface area (Å²) in [6.07, 6.45) is 4.68. The van der Waals surface area contributed by atoms with Crippen molar-refractivity contribution >= 4 is 0 Å². The predicted molar refractivity (Wildman–Crippen MR) is 78.6 cm³/mol. The van der Waals surface area contributed by atoms with E-state index in [4.69, 9.17) is 4.74 Å². The van der Waals surface area contributed by atoms with Gasteiger partial charge in [0.25, 0.3) is 0 Å². The van der Waals surface area contributed by atoms with Gasteiger partial charge in [-0.15, -0.1) is 0 Å². The van der Waals surface area contributed by atoms with Gasteiger partial charge >= 0.3 is 0 Å². The number of phenols is 1. The van der Waals surface area contributed by atoms with E-state index in [0.29, 0.717) is 11.8 Å². The molecule has 2 rings (SSSR count). The normalized spacial score (nSPS) is 23.3. The van der Waals surface area contributed by atoms with Crippen LogP contribution < -0.4 is 4.74 Å². The SMILES string of the molecule is Cc1cc(O)cc(OC2CC(C)CC=C2C(C)C)c1. The van der Waals surface area contributed by atoms with Crippen LogP contribution in [0.5, 0.6) is 11.5 Å². The number of hydrogen-bond donors (Lipinski definition) is 1. The fourth-order valence-electron chi connectivity index (χ4n) is 2.75. The summed E-state index contributed by atoms with van der Waals surface area (Å²) < 4.78 is 6.13. The van der Waals surface area contributed by atoms with E-state index in [-0.39, 0.29) is 11.9 Å². The van der Waals surface area contributed by atoms with Gasteiger partial charge in [-0.1, -0.05) is 26.8 Å². The zero-order valence-electron chi connectivity index (χ0n) is 12.3. The van der Waals surface area contributed by atoms with E-state index in [2.05, 4.69) is 26.8 Å². The van der Waals surface area contributed by atoms with Gasteiger partial charge in [0.2, 0.25) is 0 Å². The molecule has 0 amide bonds. The maximum Gasteiger partial charge on any atom is 0.124 e. The van der Waals surface area contributed by atoms with Gasteiger partial charge in [-0.3, -0.25) is 0 Å². The Morgan fingerprint density at radius 2 is 2.00 bits per heavy atom. The van der Waals surface area contributed by atoms with Gasteiger partial charge in [0.05, 0.1) is 0 Å². The van der Waals surface area contributed by atoms with Crippen LogP contribution in [-0.4, -0.2) is 11.2 Å². The first-order valence-corrected chi connectivity index (χ1v) is 7.13. The molecule has 2 unspecified atom stereocenters. The summed E-state index contributed by atoms with van der Waals surface area (Å²) in [6, 6.07) is 5.43. The van der Waals surface area contributed by atoms with Crippen LogP contribution in [0.1, 0.15) is 39.2 Å². The van der Waals surface area contributed by atoms with Crippen molar-refractivity contribution in [3.63, 3.8) is 0 Å². The lowest BCUT2D eigenvalue weighted by Gasteiger charge is -2.31. The fraction of sp³-hybridized carbons (Fsp3) is 0.529. The molecule has 0 fully saturated rings. The Kier molecular flexibility index (Phi) is 4.18. The van der Waals surface area contributed by atoms with E-state index < -0.39 is 0 Å². The summed E-state index contributed by atoms with van der Waals surface area (Å²) in [4.78, 5) is 0. The summed E-state index contributed by atoms with van der Waals surface area (Å²) in [5, 5.41) is 9.66. The molecule has 19 heavy (non-hydrogen) atoms. The Hall–Kier alpha value is -1.44. The number of ether oxygens (including phenoxy) is 1. The van der Waals surface area contributed by atoms with E-state index in [1.807, 2.05) is 13.0 Å². The number of phenolic OH excluding ortho intramolecular Hbond substituents is 1. The molecule has 1 aromatic carbocycles. The molecule has 0 aromatic heterocycles. The standard InChI is InChI=1S/C17H24O2/c1-11(2)16-6-5-12(3)9-17(16)19-15-8-13(4)7-14(18)10-15/h6-8,10-12,17-18H,5,9H2,1-4H3. The highest BCUT2D eigenvalue weighted by atomic mass is 16.5. The molecule has 0 spiro atoms. The lowest BCUT2D eigenvalue weighted by atomic mass is 9.83. The summed E-state index contributed by atoms with van der Waals surface area (Å²) >= 11 is 0. The highest BCUT2D eigenvalue weighted by molar-refractivity contribution is 5.37. The van der Waals surface area contributed by atoms with Gasteiger partial charge in [-0.05, 0) is 54.9 Å². The Morgan fingerprint density at radius 1 is 1.26 bits per heavy atom. The second-order valence-corrected chi connectivity index (χ2v) is 6.05. The number of hydrogen-bond acceptors (Lipinski definition) is 2. The Balaban J connectivity index is 2.20. The van der Waals surface area contributed by atoms with E-state index in [1.165, 1.54) is 5.57 Å². The fourth-order valence-corrected chi connectivity index (χ4v) is 2.75. The zero-order chi connectivity index (χ0) is 14.0. The molecular weight excluding hydrogens is 236 g/mol. The molecule has 0 aliphatic heterocycles. The van der Waals surface area contributed by atoms with Crippen LogP contribution in [0.2, 0.25) is 0 Å². The van der Waals surface area contributed by atoms with Crippen LogP contribution in [0.3, 0.4) is 0 Å². The van der Waals surface area contributed by atoms with Crippen molar-refractivity contribution in [2.45, 2.75) is 46.6 Å². The number of allylic oxidation sites excluding steroid dienone is 1. The van der Waals surface area contributed by atoms with Gasteiger partial charge in [0.15, 0.2) is 0 Å².